The normalized spacial score (nSPS) is 11.3. The number of hydrogen-bond donors (Lipinski definition) is 2. The van der Waals surface area contributed by atoms with Gasteiger partial charge in [-0.15, -0.1) is 0 Å². The van der Waals surface area contributed by atoms with E-state index in [4.69, 9.17) is 9.47 Å². The fraction of sp³-hybridized carbons (Fsp3) is 0.211. The van der Waals surface area contributed by atoms with E-state index in [0.29, 0.717) is 11.4 Å². The number of ether oxygens (including phenoxy) is 2. The van der Waals surface area contributed by atoms with Crippen molar-refractivity contribution >= 4 is 29.2 Å². The summed E-state index contributed by atoms with van der Waals surface area (Å²) in [6.07, 6.45) is -1.14. The van der Waals surface area contributed by atoms with Gasteiger partial charge in [0.1, 0.15) is 11.6 Å². The standard InChI is InChI=1S/C19H19FN2O5/c1-11(27-19(25)16-9-8-15(26-3)10-17(16)20)18(24)22-14-6-4-13(5-7-14)21-12(2)23/h4-11H,1-3H3,(H,21,23)(H,22,24)/t11-/m0/s1. The lowest BCUT2D eigenvalue weighted by atomic mass is 10.2. The van der Waals surface area contributed by atoms with Crippen LogP contribution in [0.15, 0.2) is 42.5 Å². The summed E-state index contributed by atoms with van der Waals surface area (Å²) in [5.74, 6) is -2.29. The first-order chi connectivity index (χ1) is 12.8. The van der Waals surface area contributed by atoms with Crippen LogP contribution in [0, 0.1) is 5.82 Å². The van der Waals surface area contributed by atoms with Gasteiger partial charge in [0.05, 0.1) is 12.7 Å². The lowest BCUT2D eigenvalue weighted by Crippen LogP contribution is -2.30. The van der Waals surface area contributed by atoms with Gasteiger partial charge < -0.3 is 20.1 Å². The minimum atomic E-state index is -1.14. The molecule has 0 bridgehead atoms. The third-order valence-corrected chi connectivity index (χ3v) is 3.52. The maximum atomic E-state index is 13.9. The summed E-state index contributed by atoms with van der Waals surface area (Å²) in [5, 5.41) is 5.17. The number of anilines is 2. The van der Waals surface area contributed by atoms with E-state index in [9.17, 15) is 18.8 Å². The predicted octanol–water partition coefficient (Wildman–Crippen LogP) is 2.98. The average Bonchev–Trinajstić information content (AvgIpc) is 2.62. The quantitative estimate of drug-likeness (QED) is 0.758. The molecule has 0 fully saturated rings. The highest BCUT2D eigenvalue weighted by atomic mass is 19.1. The molecule has 2 aromatic rings. The first-order valence-corrected chi connectivity index (χ1v) is 8.03. The number of carbonyl (C=O) groups excluding carboxylic acids is 3. The molecule has 8 heteroatoms. The molecule has 2 amide bonds. The van der Waals surface area contributed by atoms with E-state index in [1.807, 2.05) is 0 Å². The Morgan fingerprint density at radius 2 is 1.59 bits per heavy atom. The molecule has 0 heterocycles. The van der Waals surface area contributed by atoms with Crippen molar-refractivity contribution in [1.29, 1.82) is 0 Å². The molecule has 142 valence electrons. The molecule has 0 radical (unpaired) electrons. The highest BCUT2D eigenvalue weighted by Gasteiger charge is 2.21. The minimum Gasteiger partial charge on any atom is -0.497 e. The molecule has 0 aliphatic carbocycles. The second-order valence-corrected chi connectivity index (χ2v) is 5.64. The molecular weight excluding hydrogens is 355 g/mol. The van der Waals surface area contributed by atoms with Crippen molar-refractivity contribution in [3.63, 3.8) is 0 Å². The van der Waals surface area contributed by atoms with Gasteiger partial charge in [-0.3, -0.25) is 9.59 Å². The van der Waals surface area contributed by atoms with Gasteiger partial charge in [0.15, 0.2) is 6.10 Å². The van der Waals surface area contributed by atoms with Gasteiger partial charge in [-0.05, 0) is 43.3 Å². The molecule has 27 heavy (non-hydrogen) atoms. The molecule has 0 aromatic heterocycles. The zero-order valence-corrected chi connectivity index (χ0v) is 15.0. The van der Waals surface area contributed by atoms with Crippen LogP contribution in [0.1, 0.15) is 24.2 Å². The van der Waals surface area contributed by atoms with Crippen LogP contribution in [0.2, 0.25) is 0 Å². The molecular formula is C19H19FN2O5. The van der Waals surface area contributed by atoms with E-state index in [-0.39, 0.29) is 17.2 Å². The largest absolute Gasteiger partial charge is 0.497 e. The summed E-state index contributed by atoms with van der Waals surface area (Å²) < 4.78 is 23.8. The molecule has 2 N–H and O–H groups in total. The summed E-state index contributed by atoms with van der Waals surface area (Å²) in [6.45, 7) is 2.76. The molecule has 0 saturated heterocycles. The molecule has 0 aliphatic heterocycles. The monoisotopic (exact) mass is 374 g/mol. The summed E-state index contributed by atoms with van der Waals surface area (Å²) in [5.41, 5.74) is 0.734. The molecule has 2 rings (SSSR count). The van der Waals surface area contributed by atoms with Gasteiger partial charge in [-0.2, -0.15) is 0 Å². The van der Waals surface area contributed by atoms with Gasteiger partial charge in [0.2, 0.25) is 5.91 Å². The fourth-order valence-electron chi connectivity index (χ4n) is 2.15. The van der Waals surface area contributed by atoms with Crippen LogP contribution < -0.4 is 15.4 Å². The number of hydrogen-bond acceptors (Lipinski definition) is 5. The molecule has 0 unspecified atom stereocenters. The van der Waals surface area contributed by atoms with Crippen molar-refractivity contribution in [3.05, 3.63) is 53.8 Å². The SMILES string of the molecule is COc1ccc(C(=O)O[C@@H](C)C(=O)Nc2ccc(NC(C)=O)cc2)c(F)c1. The minimum absolute atomic E-state index is 0.210. The molecule has 2 aromatic carbocycles. The number of benzene rings is 2. The van der Waals surface area contributed by atoms with Crippen LogP contribution in [0.4, 0.5) is 15.8 Å². The van der Waals surface area contributed by atoms with Gasteiger partial charge in [-0.25, -0.2) is 9.18 Å². The molecule has 7 nitrogen and oxygen atoms in total. The Labute approximate surface area is 155 Å². The van der Waals surface area contributed by atoms with Gasteiger partial charge in [0, 0.05) is 24.4 Å². The third kappa shape index (κ3) is 5.53. The number of rotatable bonds is 6. The van der Waals surface area contributed by atoms with Crippen LogP contribution >= 0.6 is 0 Å². The van der Waals surface area contributed by atoms with E-state index < -0.39 is 23.8 Å². The Balaban J connectivity index is 1.96. The van der Waals surface area contributed by atoms with Crippen LogP contribution in [0.25, 0.3) is 0 Å². The topological polar surface area (TPSA) is 93.7 Å². The molecule has 0 saturated carbocycles. The Morgan fingerprint density at radius 3 is 2.11 bits per heavy atom. The van der Waals surface area contributed by atoms with Crippen molar-refractivity contribution in [3.8, 4) is 5.75 Å². The third-order valence-electron chi connectivity index (χ3n) is 3.52. The number of esters is 1. The summed E-state index contributed by atoms with van der Waals surface area (Å²) in [6, 6.07) is 10.1. The van der Waals surface area contributed by atoms with Crippen LogP contribution in [0.3, 0.4) is 0 Å². The maximum absolute atomic E-state index is 13.9. The maximum Gasteiger partial charge on any atom is 0.341 e. The number of carbonyl (C=O) groups is 3. The fourth-order valence-corrected chi connectivity index (χ4v) is 2.15. The van der Waals surface area contributed by atoms with Crippen molar-refractivity contribution in [2.75, 3.05) is 17.7 Å². The van der Waals surface area contributed by atoms with Gasteiger partial charge in [0.25, 0.3) is 5.91 Å². The Kier molecular flexibility index (Phi) is 6.48. The highest BCUT2D eigenvalue weighted by molar-refractivity contribution is 5.97. The molecule has 0 spiro atoms. The van der Waals surface area contributed by atoms with E-state index in [1.54, 1.807) is 24.3 Å². The summed E-state index contributed by atoms with van der Waals surface area (Å²) in [7, 11) is 1.38. The Bertz CT molecular complexity index is 852. The highest BCUT2D eigenvalue weighted by Crippen LogP contribution is 2.18. The lowest BCUT2D eigenvalue weighted by molar-refractivity contribution is -0.123. The van der Waals surface area contributed by atoms with Crippen molar-refractivity contribution in [1.82, 2.24) is 0 Å². The van der Waals surface area contributed by atoms with E-state index in [2.05, 4.69) is 10.6 Å². The Hall–Kier alpha value is -3.42. The van der Waals surface area contributed by atoms with E-state index in [1.165, 1.54) is 33.1 Å². The average molecular weight is 374 g/mol. The number of methoxy groups -OCH3 is 1. The molecule has 0 aliphatic rings. The van der Waals surface area contributed by atoms with Crippen molar-refractivity contribution < 1.29 is 28.2 Å². The summed E-state index contributed by atoms with van der Waals surface area (Å²) >= 11 is 0. The number of amides is 2. The number of nitrogens with one attached hydrogen (secondary N) is 2. The summed E-state index contributed by atoms with van der Waals surface area (Å²) in [4.78, 5) is 35.2. The van der Waals surface area contributed by atoms with Crippen LogP contribution in [0.5, 0.6) is 5.75 Å². The lowest BCUT2D eigenvalue weighted by Gasteiger charge is -2.14. The Morgan fingerprint density at radius 1 is 1.00 bits per heavy atom. The second-order valence-electron chi connectivity index (χ2n) is 5.64. The zero-order chi connectivity index (χ0) is 20.0. The van der Waals surface area contributed by atoms with Crippen LogP contribution in [-0.4, -0.2) is 31.0 Å². The predicted molar refractivity (Wildman–Crippen MR) is 97.2 cm³/mol. The van der Waals surface area contributed by atoms with Crippen molar-refractivity contribution in [2.45, 2.75) is 20.0 Å². The molecule has 1 atom stereocenters. The smallest absolute Gasteiger partial charge is 0.341 e. The first-order valence-electron chi connectivity index (χ1n) is 8.03. The second kappa shape index (κ2) is 8.79. The van der Waals surface area contributed by atoms with Crippen molar-refractivity contribution in [2.24, 2.45) is 0 Å². The first kappa shape index (κ1) is 19.9. The van der Waals surface area contributed by atoms with Gasteiger partial charge >= 0.3 is 5.97 Å². The zero-order valence-electron chi connectivity index (χ0n) is 15.0. The number of halogens is 1. The van der Waals surface area contributed by atoms with E-state index in [0.717, 1.165) is 6.07 Å². The van der Waals surface area contributed by atoms with E-state index >= 15 is 0 Å². The van der Waals surface area contributed by atoms with Gasteiger partial charge in [-0.1, -0.05) is 0 Å². The van der Waals surface area contributed by atoms with Crippen LogP contribution in [-0.2, 0) is 14.3 Å².